The minimum Gasteiger partial charge on any atom is -0.494 e. The Morgan fingerprint density at radius 1 is 0.880 bits per heavy atom. The first-order chi connectivity index (χ1) is 12.1. The first-order valence-electron chi connectivity index (χ1n) is 8.62. The number of amidine groups is 1. The third kappa shape index (κ3) is 7.27. The Morgan fingerprint density at radius 3 is 1.84 bits per heavy atom. The highest BCUT2D eigenvalue weighted by atomic mass is 16.5. The number of rotatable bonds is 11. The van der Waals surface area contributed by atoms with Gasteiger partial charge in [0.2, 0.25) is 0 Å². The van der Waals surface area contributed by atoms with E-state index in [0.717, 1.165) is 44.0 Å². The highest BCUT2D eigenvalue weighted by molar-refractivity contribution is 5.94. The van der Waals surface area contributed by atoms with Crippen LogP contribution in [0.15, 0.2) is 48.5 Å². The van der Waals surface area contributed by atoms with Crippen molar-refractivity contribution < 1.29 is 9.47 Å². The van der Waals surface area contributed by atoms with E-state index in [2.05, 4.69) is 24.4 Å². The van der Waals surface area contributed by atoms with Gasteiger partial charge in [0.25, 0.3) is 0 Å². The van der Waals surface area contributed by atoms with Crippen molar-refractivity contribution in [3.8, 4) is 11.5 Å². The Morgan fingerprint density at radius 2 is 1.36 bits per heavy atom. The number of nitrogens with two attached hydrogens (primary N) is 1. The number of aryl methyl sites for hydroxylation is 1. The van der Waals surface area contributed by atoms with Crippen molar-refractivity contribution in [1.29, 1.82) is 5.41 Å². The maximum absolute atomic E-state index is 7.35. The van der Waals surface area contributed by atoms with E-state index in [0.29, 0.717) is 12.2 Å². The molecule has 134 valence electrons. The van der Waals surface area contributed by atoms with E-state index in [1.165, 1.54) is 5.56 Å². The predicted octanol–water partition coefficient (Wildman–Crippen LogP) is 3.11. The quantitative estimate of drug-likeness (QED) is 0.333. The molecule has 4 N–H and O–H groups in total. The minimum atomic E-state index is 0.0714. The van der Waals surface area contributed by atoms with Gasteiger partial charge in [0.15, 0.2) is 0 Å². The standard InChI is InChI=1S/C20H27N3O2/c1-16-4-8-18(9-5-16)24-14-2-12-23-13-3-15-25-19-10-6-17(7-11-19)20(21)22/h4-11,23H,2-3,12-15H2,1H3,(H3,21,22). The molecule has 0 amide bonds. The number of ether oxygens (including phenoxy) is 2. The largest absolute Gasteiger partial charge is 0.494 e. The molecule has 0 spiro atoms. The summed E-state index contributed by atoms with van der Waals surface area (Å²) >= 11 is 0. The second kappa shape index (κ2) is 10.4. The zero-order valence-electron chi connectivity index (χ0n) is 14.8. The molecule has 5 heteroatoms. The lowest BCUT2D eigenvalue weighted by atomic mass is 10.2. The number of nitrogens with one attached hydrogen (secondary N) is 2. The van der Waals surface area contributed by atoms with Gasteiger partial charge in [-0.3, -0.25) is 5.41 Å². The fourth-order valence-corrected chi connectivity index (χ4v) is 2.26. The predicted molar refractivity (Wildman–Crippen MR) is 102 cm³/mol. The van der Waals surface area contributed by atoms with Crippen LogP contribution in [-0.2, 0) is 0 Å². The zero-order chi connectivity index (χ0) is 17.9. The molecular weight excluding hydrogens is 314 g/mol. The summed E-state index contributed by atoms with van der Waals surface area (Å²) < 4.78 is 11.3. The number of hydrogen-bond donors (Lipinski definition) is 3. The third-order valence-electron chi connectivity index (χ3n) is 3.72. The topological polar surface area (TPSA) is 80.4 Å². The molecule has 25 heavy (non-hydrogen) atoms. The Bertz CT molecular complexity index is 639. The molecule has 0 bridgehead atoms. The van der Waals surface area contributed by atoms with Crippen molar-refractivity contribution in [3.05, 3.63) is 59.7 Å². The van der Waals surface area contributed by atoms with Gasteiger partial charge >= 0.3 is 0 Å². The summed E-state index contributed by atoms with van der Waals surface area (Å²) in [6, 6.07) is 15.4. The summed E-state index contributed by atoms with van der Waals surface area (Å²) in [5.74, 6) is 1.80. The smallest absolute Gasteiger partial charge is 0.122 e. The van der Waals surface area contributed by atoms with Crippen LogP contribution in [0.4, 0.5) is 0 Å². The molecule has 2 aromatic rings. The van der Waals surface area contributed by atoms with Crippen LogP contribution in [0.5, 0.6) is 11.5 Å². The third-order valence-corrected chi connectivity index (χ3v) is 3.72. The Kier molecular flexibility index (Phi) is 7.79. The fraction of sp³-hybridized carbons (Fsp3) is 0.350. The van der Waals surface area contributed by atoms with Crippen LogP contribution in [0, 0.1) is 12.3 Å². The zero-order valence-corrected chi connectivity index (χ0v) is 14.8. The molecule has 0 saturated heterocycles. The maximum atomic E-state index is 7.35. The van der Waals surface area contributed by atoms with E-state index < -0.39 is 0 Å². The van der Waals surface area contributed by atoms with Crippen LogP contribution in [-0.4, -0.2) is 32.1 Å². The lowest BCUT2D eigenvalue weighted by Gasteiger charge is -2.09. The van der Waals surface area contributed by atoms with Crippen molar-refractivity contribution in [2.45, 2.75) is 19.8 Å². The van der Waals surface area contributed by atoms with E-state index in [1.807, 2.05) is 24.3 Å². The van der Waals surface area contributed by atoms with Crippen molar-refractivity contribution in [3.63, 3.8) is 0 Å². The van der Waals surface area contributed by atoms with E-state index in [4.69, 9.17) is 20.6 Å². The van der Waals surface area contributed by atoms with E-state index in [-0.39, 0.29) is 5.84 Å². The van der Waals surface area contributed by atoms with Gasteiger partial charge < -0.3 is 20.5 Å². The summed E-state index contributed by atoms with van der Waals surface area (Å²) in [5, 5.41) is 10.7. The SMILES string of the molecule is Cc1ccc(OCCCNCCCOc2ccc(C(=N)N)cc2)cc1. The summed E-state index contributed by atoms with van der Waals surface area (Å²) in [7, 11) is 0. The average molecular weight is 341 g/mol. The second-order valence-corrected chi connectivity index (χ2v) is 5.91. The summed E-state index contributed by atoms with van der Waals surface area (Å²) in [5.41, 5.74) is 7.37. The molecule has 0 fully saturated rings. The van der Waals surface area contributed by atoms with Gasteiger partial charge in [0.05, 0.1) is 13.2 Å². The Hall–Kier alpha value is -2.53. The van der Waals surface area contributed by atoms with Crippen molar-refractivity contribution >= 4 is 5.84 Å². The first-order valence-corrected chi connectivity index (χ1v) is 8.62. The number of hydrogen-bond acceptors (Lipinski definition) is 4. The normalized spacial score (nSPS) is 10.4. The van der Waals surface area contributed by atoms with E-state index >= 15 is 0 Å². The number of nitrogen functional groups attached to an aromatic ring is 1. The molecule has 0 radical (unpaired) electrons. The van der Waals surface area contributed by atoms with Gasteiger partial charge in [-0.05, 0) is 69.3 Å². The molecule has 2 rings (SSSR count). The molecule has 2 aromatic carbocycles. The lowest BCUT2D eigenvalue weighted by molar-refractivity contribution is 0.298. The van der Waals surface area contributed by atoms with E-state index in [1.54, 1.807) is 12.1 Å². The van der Waals surface area contributed by atoms with Gasteiger partial charge in [0.1, 0.15) is 17.3 Å². The van der Waals surface area contributed by atoms with Crippen LogP contribution in [0.25, 0.3) is 0 Å². The van der Waals surface area contributed by atoms with Gasteiger partial charge in [-0.25, -0.2) is 0 Å². The lowest BCUT2D eigenvalue weighted by Crippen LogP contribution is -2.20. The molecule has 5 nitrogen and oxygen atoms in total. The first kappa shape index (κ1) is 18.8. The molecule has 0 heterocycles. The van der Waals surface area contributed by atoms with Gasteiger partial charge in [-0.1, -0.05) is 17.7 Å². The van der Waals surface area contributed by atoms with Crippen molar-refractivity contribution in [1.82, 2.24) is 5.32 Å². The van der Waals surface area contributed by atoms with Gasteiger partial charge in [-0.2, -0.15) is 0 Å². The average Bonchev–Trinajstić information content (AvgIpc) is 2.62. The second-order valence-electron chi connectivity index (χ2n) is 5.91. The van der Waals surface area contributed by atoms with Crippen LogP contribution in [0.2, 0.25) is 0 Å². The molecule has 0 aliphatic heterocycles. The fourth-order valence-electron chi connectivity index (χ4n) is 2.26. The molecule has 0 saturated carbocycles. The highest BCUT2D eigenvalue weighted by Gasteiger charge is 1.98. The van der Waals surface area contributed by atoms with Crippen LogP contribution in [0.3, 0.4) is 0 Å². The molecular formula is C20H27N3O2. The van der Waals surface area contributed by atoms with Gasteiger partial charge in [-0.15, -0.1) is 0 Å². The monoisotopic (exact) mass is 341 g/mol. The minimum absolute atomic E-state index is 0.0714. The summed E-state index contributed by atoms with van der Waals surface area (Å²) in [6.07, 6.45) is 1.91. The molecule has 0 unspecified atom stereocenters. The van der Waals surface area contributed by atoms with Crippen molar-refractivity contribution in [2.75, 3.05) is 26.3 Å². The van der Waals surface area contributed by atoms with Crippen LogP contribution in [0.1, 0.15) is 24.0 Å². The summed E-state index contributed by atoms with van der Waals surface area (Å²) in [4.78, 5) is 0. The van der Waals surface area contributed by atoms with Crippen LogP contribution >= 0.6 is 0 Å². The molecule has 0 aliphatic carbocycles. The molecule has 0 aliphatic rings. The molecule has 0 aromatic heterocycles. The molecule has 0 atom stereocenters. The highest BCUT2D eigenvalue weighted by Crippen LogP contribution is 2.12. The van der Waals surface area contributed by atoms with E-state index in [9.17, 15) is 0 Å². The van der Waals surface area contributed by atoms with Crippen LogP contribution < -0.4 is 20.5 Å². The maximum Gasteiger partial charge on any atom is 0.122 e. The number of benzene rings is 2. The Balaban J connectivity index is 1.46. The Labute approximate surface area is 149 Å². The summed E-state index contributed by atoms with van der Waals surface area (Å²) in [6.45, 7) is 5.29. The van der Waals surface area contributed by atoms with Gasteiger partial charge in [0, 0.05) is 5.56 Å². The van der Waals surface area contributed by atoms with Crippen molar-refractivity contribution in [2.24, 2.45) is 5.73 Å².